The van der Waals surface area contributed by atoms with E-state index in [1.54, 1.807) is 31.3 Å². The van der Waals surface area contributed by atoms with E-state index in [4.69, 9.17) is 4.74 Å². The van der Waals surface area contributed by atoms with Gasteiger partial charge in [0, 0.05) is 25.0 Å². The molecule has 114 valence electrons. The molecule has 0 atom stereocenters. The quantitative estimate of drug-likeness (QED) is 0.774. The number of likely N-dealkylation sites (N-methyl/N-ethyl adjacent to an activating group) is 1. The number of pyridine rings is 1. The van der Waals surface area contributed by atoms with Gasteiger partial charge >= 0.3 is 5.97 Å². The molecule has 0 radical (unpaired) electrons. The van der Waals surface area contributed by atoms with Crippen LogP contribution in [0.25, 0.3) is 0 Å². The number of amides is 1. The number of benzene rings is 1. The Hall–Kier alpha value is -2.89. The molecular formula is C16H16N2O4. The fraction of sp³-hybridized carbons (Fsp3) is 0.188. The second-order valence-corrected chi connectivity index (χ2v) is 4.62. The normalized spacial score (nSPS) is 10.0. The Morgan fingerprint density at radius 3 is 2.45 bits per heavy atom. The molecular weight excluding hydrogens is 284 g/mol. The van der Waals surface area contributed by atoms with E-state index in [-0.39, 0.29) is 24.6 Å². The maximum Gasteiger partial charge on any atom is 0.326 e. The van der Waals surface area contributed by atoms with Crippen LogP contribution < -0.4 is 10.5 Å². The first-order chi connectivity index (χ1) is 10.6. The number of aromatic nitrogens is 1. The Labute approximate surface area is 127 Å². The Bertz CT molecular complexity index is 709. The van der Waals surface area contributed by atoms with Crippen molar-refractivity contribution in [3.05, 3.63) is 65.1 Å². The minimum Gasteiger partial charge on any atom is -0.454 e. The zero-order chi connectivity index (χ0) is 15.9. The lowest BCUT2D eigenvalue weighted by molar-refractivity contribution is -0.148. The van der Waals surface area contributed by atoms with Gasteiger partial charge in [-0.05, 0) is 18.2 Å². The van der Waals surface area contributed by atoms with Crippen molar-refractivity contribution in [3.63, 3.8) is 0 Å². The highest BCUT2D eigenvalue weighted by Crippen LogP contribution is 2.10. The summed E-state index contributed by atoms with van der Waals surface area (Å²) in [5, 5.41) is 0. The zero-order valence-corrected chi connectivity index (χ0v) is 12.1. The van der Waals surface area contributed by atoms with Gasteiger partial charge in [0.2, 0.25) is 0 Å². The summed E-state index contributed by atoms with van der Waals surface area (Å²) in [7, 11) is 1.60. The molecule has 1 amide bonds. The van der Waals surface area contributed by atoms with E-state index in [1.807, 2.05) is 18.2 Å². The molecule has 0 saturated carbocycles. The molecule has 0 bridgehead atoms. The maximum absolute atomic E-state index is 11.9. The molecule has 1 aromatic heterocycles. The van der Waals surface area contributed by atoms with Gasteiger partial charge in [-0.15, -0.1) is 0 Å². The van der Waals surface area contributed by atoms with Crippen molar-refractivity contribution in [2.75, 3.05) is 18.6 Å². The Kier molecular flexibility index (Phi) is 5.08. The Morgan fingerprint density at radius 2 is 1.77 bits per heavy atom. The summed E-state index contributed by atoms with van der Waals surface area (Å²) < 4.78 is 6.13. The predicted octanol–water partition coefficient (Wildman–Crippen LogP) is 1.05. The SMILES string of the molecule is CN(C(=O)COC(=O)Cn1ccccc1=O)c1ccccc1. The molecule has 2 rings (SSSR count). The topological polar surface area (TPSA) is 68.6 Å². The van der Waals surface area contributed by atoms with Gasteiger partial charge in [0.05, 0.1) is 0 Å². The van der Waals surface area contributed by atoms with Gasteiger partial charge in [-0.1, -0.05) is 24.3 Å². The first-order valence-electron chi connectivity index (χ1n) is 6.70. The van der Waals surface area contributed by atoms with Gasteiger partial charge in [-0.25, -0.2) is 0 Å². The standard InChI is InChI=1S/C16H16N2O4/c1-17(13-7-3-2-4-8-13)15(20)12-22-16(21)11-18-10-6-5-9-14(18)19/h2-10H,11-12H2,1H3. The first-order valence-corrected chi connectivity index (χ1v) is 6.70. The number of rotatable bonds is 5. The van der Waals surface area contributed by atoms with Crippen LogP contribution >= 0.6 is 0 Å². The van der Waals surface area contributed by atoms with Gasteiger partial charge in [0.1, 0.15) is 6.54 Å². The van der Waals surface area contributed by atoms with Gasteiger partial charge < -0.3 is 14.2 Å². The smallest absolute Gasteiger partial charge is 0.326 e. The summed E-state index contributed by atoms with van der Waals surface area (Å²) in [4.78, 5) is 36.5. The molecule has 0 saturated heterocycles. The van der Waals surface area contributed by atoms with Crippen molar-refractivity contribution in [1.82, 2.24) is 4.57 Å². The molecule has 1 aromatic carbocycles. The number of carbonyl (C=O) groups is 2. The number of hydrogen-bond donors (Lipinski definition) is 0. The zero-order valence-electron chi connectivity index (χ0n) is 12.1. The number of esters is 1. The van der Waals surface area contributed by atoms with Crippen LogP contribution in [0.1, 0.15) is 0 Å². The van der Waals surface area contributed by atoms with Crippen LogP contribution in [0.2, 0.25) is 0 Å². The molecule has 6 nitrogen and oxygen atoms in total. The second kappa shape index (κ2) is 7.21. The van der Waals surface area contributed by atoms with Gasteiger partial charge in [-0.2, -0.15) is 0 Å². The van der Waals surface area contributed by atoms with Crippen LogP contribution in [0.4, 0.5) is 5.69 Å². The minimum absolute atomic E-state index is 0.220. The highest BCUT2D eigenvalue weighted by atomic mass is 16.5. The van der Waals surface area contributed by atoms with Crippen molar-refractivity contribution in [1.29, 1.82) is 0 Å². The number of anilines is 1. The molecule has 0 fully saturated rings. The maximum atomic E-state index is 11.9. The number of nitrogens with zero attached hydrogens (tertiary/aromatic N) is 2. The van der Waals surface area contributed by atoms with Crippen molar-refractivity contribution < 1.29 is 14.3 Å². The van der Waals surface area contributed by atoms with Crippen LogP contribution in [0.5, 0.6) is 0 Å². The van der Waals surface area contributed by atoms with Crippen LogP contribution in [-0.4, -0.2) is 30.1 Å². The monoisotopic (exact) mass is 300 g/mol. The number of ether oxygens (including phenoxy) is 1. The summed E-state index contributed by atoms with van der Waals surface area (Å²) in [5.74, 6) is -0.983. The van der Waals surface area contributed by atoms with E-state index in [0.717, 1.165) is 0 Å². The molecule has 2 aromatic rings. The highest BCUT2D eigenvalue weighted by Gasteiger charge is 2.13. The van der Waals surface area contributed by atoms with Crippen molar-refractivity contribution in [2.45, 2.75) is 6.54 Å². The molecule has 0 unspecified atom stereocenters. The summed E-state index contributed by atoms with van der Waals surface area (Å²) >= 11 is 0. The molecule has 0 aliphatic carbocycles. The van der Waals surface area contributed by atoms with Crippen molar-refractivity contribution in [2.24, 2.45) is 0 Å². The molecule has 1 heterocycles. The third-order valence-electron chi connectivity index (χ3n) is 3.07. The first kappa shape index (κ1) is 15.5. The predicted molar refractivity (Wildman–Crippen MR) is 81.5 cm³/mol. The molecule has 0 aliphatic heterocycles. The van der Waals surface area contributed by atoms with E-state index in [9.17, 15) is 14.4 Å². The average Bonchev–Trinajstić information content (AvgIpc) is 2.55. The van der Waals surface area contributed by atoms with Gasteiger partial charge in [0.25, 0.3) is 11.5 Å². The number of hydrogen-bond acceptors (Lipinski definition) is 4. The van der Waals surface area contributed by atoms with Crippen molar-refractivity contribution >= 4 is 17.6 Å². The lowest BCUT2D eigenvalue weighted by atomic mass is 10.3. The highest BCUT2D eigenvalue weighted by molar-refractivity contribution is 5.94. The molecule has 0 aliphatic rings. The lowest BCUT2D eigenvalue weighted by Gasteiger charge is -2.17. The fourth-order valence-corrected chi connectivity index (χ4v) is 1.81. The van der Waals surface area contributed by atoms with Crippen LogP contribution in [0, 0.1) is 0 Å². The third-order valence-corrected chi connectivity index (χ3v) is 3.07. The van der Waals surface area contributed by atoms with Crippen LogP contribution in [0.15, 0.2) is 59.5 Å². The number of para-hydroxylation sites is 1. The van der Waals surface area contributed by atoms with Crippen LogP contribution in [0.3, 0.4) is 0 Å². The van der Waals surface area contributed by atoms with Gasteiger partial charge in [-0.3, -0.25) is 14.4 Å². The van der Waals surface area contributed by atoms with Crippen LogP contribution in [-0.2, 0) is 20.9 Å². The third kappa shape index (κ3) is 4.05. The summed E-state index contributed by atoms with van der Waals surface area (Å²) in [5.41, 5.74) is 0.412. The minimum atomic E-state index is -0.636. The fourth-order valence-electron chi connectivity index (χ4n) is 1.81. The van der Waals surface area contributed by atoms with E-state index < -0.39 is 5.97 Å². The molecule has 22 heavy (non-hydrogen) atoms. The Balaban J connectivity index is 1.87. The summed E-state index contributed by atoms with van der Waals surface area (Å²) in [6.07, 6.45) is 1.49. The van der Waals surface area contributed by atoms with Gasteiger partial charge in [0.15, 0.2) is 6.61 Å². The number of carbonyl (C=O) groups excluding carboxylic acids is 2. The van der Waals surface area contributed by atoms with Crippen molar-refractivity contribution in [3.8, 4) is 0 Å². The largest absolute Gasteiger partial charge is 0.454 e. The lowest BCUT2D eigenvalue weighted by Crippen LogP contribution is -2.32. The molecule has 0 spiro atoms. The van der Waals surface area contributed by atoms with E-state index >= 15 is 0 Å². The molecule has 6 heteroatoms. The van der Waals surface area contributed by atoms with E-state index in [1.165, 1.54) is 21.7 Å². The van der Waals surface area contributed by atoms with E-state index in [2.05, 4.69) is 0 Å². The summed E-state index contributed by atoms with van der Waals surface area (Å²) in [6.45, 7) is -0.589. The molecule has 0 N–H and O–H groups in total. The second-order valence-electron chi connectivity index (χ2n) is 4.62. The summed E-state index contributed by atoms with van der Waals surface area (Å²) in [6, 6.07) is 13.6. The van der Waals surface area contributed by atoms with E-state index in [0.29, 0.717) is 5.69 Å². The average molecular weight is 300 g/mol. The Morgan fingerprint density at radius 1 is 1.09 bits per heavy atom.